The summed E-state index contributed by atoms with van der Waals surface area (Å²) in [6, 6.07) is 10.3. The molecule has 1 aromatic rings. The zero-order valence-electron chi connectivity index (χ0n) is 7.87. The fourth-order valence-electron chi connectivity index (χ4n) is 1.13. The molecule has 0 unspecified atom stereocenters. The molecular formula is C11H13O2. The average Bonchev–Trinajstić information content (AvgIpc) is 2.05. The molecule has 0 aromatic heterocycles. The Balaban J connectivity index is 2.75. The van der Waals surface area contributed by atoms with E-state index in [-0.39, 0.29) is 0 Å². The summed E-state index contributed by atoms with van der Waals surface area (Å²) in [5.74, 6) is -0.767. The highest BCUT2D eigenvalue weighted by Crippen LogP contribution is 2.21. The molecule has 0 aliphatic carbocycles. The lowest BCUT2D eigenvalue weighted by Crippen LogP contribution is -2.26. The number of carboxylic acids is 1. The predicted molar refractivity (Wildman–Crippen MR) is 50.4 cm³/mol. The molecule has 2 nitrogen and oxygen atoms in total. The molecule has 1 rings (SSSR count). The maximum absolute atomic E-state index is 10.8. The highest BCUT2D eigenvalue weighted by atomic mass is 16.4. The van der Waals surface area contributed by atoms with Gasteiger partial charge in [0.05, 0.1) is 5.41 Å². The zero-order chi connectivity index (χ0) is 9.90. The van der Waals surface area contributed by atoms with Gasteiger partial charge in [-0.3, -0.25) is 4.79 Å². The fourth-order valence-corrected chi connectivity index (χ4v) is 1.13. The van der Waals surface area contributed by atoms with E-state index in [0.717, 1.165) is 5.56 Å². The first kappa shape index (κ1) is 9.78. The van der Waals surface area contributed by atoms with E-state index < -0.39 is 11.4 Å². The van der Waals surface area contributed by atoms with E-state index in [2.05, 4.69) is 6.07 Å². The molecule has 0 aliphatic rings. The number of rotatable bonds is 3. The van der Waals surface area contributed by atoms with Crippen LogP contribution in [0.25, 0.3) is 0 Å². The second-order valence-corrected chi connectivity index (χ2v) is 3.78. The van der Waals surface area contributed by atoms with Crippen molar-refractivity contribution in [2.45, 2.75) is 20.3 Å². The number of hydrogen-bond acceptors (Lipinski definition) is 1. The summed E-state index contributed by atoms with van der Waals surface area (Å²) >= 11 is 0. The topological polar surface area (TPSA) is 37.3 Å². The summed E-state index contributed by atoms with van der Waals surface area (Å²) in [4.78, 5) is 10.8. The van der Waals surface area contributed by atoms with Crippen LogP contribution in [0.2, 0.25) is 0 Å². The Morgan fingerprint density at radius 2 is 2.31 bits per heavy atom. The molecule has 2 heteroatoms. The lowest BCUT2D eigenvalue weighted by molar-refractivity contribution is -0.146. The van der Waals surface area contributed by atoms with E-state index in [4.69, 9.17) is 5.11 Å². The largest absolute Gasteiger partial charge is 0.481 e. The molecule has 1 N–H and O–H groups in total. The first-order valence-electron chi connectivity index (χ1n) is 4.21. The van der Waals surface area contributed by atoms with Gasteiger partial charge in [0.1, 0.15) is 0 Å². The van der Waals surface area contributed by atoms with E-state index in [1.807, 2.05) is 18.2 Å². The number of aliphatic carboxylic acids is 1. The van der Waals surface area contributed by atoms with E-state index in [1.54, 1.807) is 19.9 Å². The first-order valence-corrected chi connectivity index (χ1v) is 4.21. The summed E-state index contributed by atoms with van der Waals surface area (Å²) in [6.45, 7) is 3.45. The Morgan fingerprint density at radius 1 is 1.62 bits per heavy atom. The van der Waals surface area contributed by atoms with Gasteiger partial charge in [-0.1, -0.05) is 24.3 Å². The fraction of sp³-hybridized carbons (Fsp3) is 0.364. The van der Waals surface area contributed by atoms with Gasteiger partial charge in [0.25, 0.3) is 0 Å². The van der Waals surface area contributed by atoms with E-state index in [9.17, 15) is 4.79 Å². The van der Waals surface area contributed by atoms with Crippen LogP contribution in [0.5, 0.6) is 0 Å². The van der Waals surface area contributed by atoms with Crippen molar-refractivity contribution in [1.29, 1.82) is 0 Å². The van der Waals surface area contributed by atoms with Crippen molar-refractivity contribution in [2.24, 2.45) is 5.41 Å². The van der Waals surface area contributed by atoms with Crippen LogP contribution in [0.3, 0.4) is 0 Å². The molecule has 0 heterocycles. The van der Waals surface area contributed by atoms with E-state index in [0.29, 0.717) is 6.42 Å². The minimum Gasteiger partial charge on any atom is -0.481 e. The normalized spacial score (nSPS) is 11.2. The molecule has 1 radical (unpaired) electrons. The van der Waals surface area contributed by atoms with Crippen LogP contribution in [0.1, 0.15) is 19.4 Å². The standard InChI is InChI=1S/C11H13O2/c1-11(2,10(12)13)8-9-6-4-3-5-7-9/h3-4,6-7H,8H2,1-2H3,(H,12,13). The van der Waals surface area contributed by atoms with Crippen molar-refractivity contribution in [3.8, 4) is 0 Å². The van der Waals surface area contributed by atoms with Gasteiger partial charge >= 0.3 is 5.97 Å². The van der Waals surface area contributed by atoms with Gasteiger partial charge in [-0.2, -0.15) is 0 Å². The molecule has 1 aromatic carbocycles. The van der Waals surface area contributed by atoms with Crippen molar-refractivity contribution in [2.75, 3.05) is 0 Å². The SMILES string of the molecule is CC(C)(Cc1c[c]ccc1)C(=O)O. The molecule has 13 heavy (non-hydrogen) atoms. The summed E-state index contributed by atoms with van der Waals surface area (Å²) < 4.78 is 0. The van der Waals surface area contributed by atoms with Crippen molar-refractivity contribution >= 4 is 5.97 Å². The number of hydrogen-bond donors (Lipinski definition) is 1. The third kappa shape index (κ3) is 2.58. The Labute approximate surface area is 78.2 Å². The zero-order valence-corrected chi connectivity index (χ0v) is 7.87. The Kier molecular flexibility index (Phi) is 2.71. The van der Waals surface area contributed by atoms with Crippen LogP contribution in [0, 0.1) is 11.5 Å². The van der Waals surface area contributed by atoms with Gasteiger partial charge in [0.2, 0.25) is 0 Å². The van der Waals surface area contributed by atoms with Crippen LogP contribution in [0.15, 0.2) is 24.3 Å². The first-order chi connectivity index (χ1) is 6.02. The summed E-state index contributed by atoms with van der Waals surface area (Å²) in [5.41, 5.74) is 0.310. The van der Waals surface area contributed by atoms with E-state index >= 15 is 0 Å². The molecule has 0 saturated heterocycles. The van der Waals surface area contributed by atoms with Crippen LogP contribution in [-0.4, -0.2) is 11.1 Å². The van der Waals surface area contributed by atoms with Gasteiger partial charge in [-0.05, 0) is 31.9 Å². The maximum Gasteiger partial charge on any atom is 0.309 e. The third-order valence-corrected chi connectivity index (χ3v) is 2.00. The molecule has 0 spiro atoms. The minimum absolute atomic E-state index is 0.541. The van der Waals surface area contributed by atoms with Gasteiger partial charge in [0.15, 0.2) is 0 Å². The van der Waals surface area contributed by atoms with Gasteiger partial charge < -0.3 is 5.11 Å². The number of benzene rings is 1. The van der Waals surface area contributed by atoms with Gasteiger partial charge in [-0.25, -0.2) is 0 Å². The highest BCUT2D eigenvalue weighted by molar-refractivity contribution is 5.74. The molecular weight excluding hydrogens is 164 g/mol. The van der Waals surface area contributed by atoms with Crippen molar-refractivity contribution in [1.82, 2.24) is 0 Å². The van der Waals surface area contributed by atoms with Crippen molar-refractivity contribution < 1.29 is 9.90 Å². The van der Waals surface area contributed by atoms with Gasteiger partial charge in [-0.15, -0.1) is 0 Å². The highest BCUT2D eigenvalue weighted by Gasteiger charge is 2.26. The molecule has 0 bridgehead atoms. The molecule has 0 amide bonds. The molecule has 0 atom stereocenters. The lowest BCUT2D eigenvalue weighted by atomic mass is 9.86. The van der Waals surface area contributed by atoms with Crippen LogP contribution in [-0.2, 0) is 11.2 Å². The minimum atomic E-state index is -0.767. The molecule has 69 valence electrons. The second kappa shape index (κ2) is 3.60. The smallest absolute Gasteiger partial charge is 0.309 e. The maximum atomic E-state index is 10.8. The van der Waals surface area contributed by atoms with E-state index in [1.165, 1.54) is 0 Å². The Bertz CT molecular complexity index is 288. The summed E-state index contributed by atoms with van der Waals surface area (Å²) in [6.07, 6.45) is 0.541. The average molecular weight is 177 g/mol. The second-order valence-electron chi connectivity index (χ2n) is 3.78. The van der Waals surface area contributed by atoms with Crippen LogP contribution in [0.4, 0.5) is 0 Å². The summed E-state index contributed by atoms with van der Waals surface area (Å²) in [5, 5.41) is 8.89. The Hall–Kier alpha value is -1.31. The molecule has 0 fully saturated rings. The number of carboxylic acid groups (broad SMARTS) is 1. The van der Waals surface area contributed by atoms with Crippen molar-refractivity contribution in [3.63, 3.8) is 0 Å². The summed E-state index contributed by atoms with van der Waals surface area (Å²) in [7, 11) is 0. The molecule has 0 aliphatic heterocycles. The van der Waals surface area contributed by atoms with Crippen LogP contribution >= 0.6 is 0 Å². The molecule has 0 saturated carbocycles. The monoisotopic (exact) mass is 177 g/mol. The predicted octanol–water partition coefficient (Wildman–Crippen LogP) is 2.14. The van der Waals surface area contributed by atoms with Crippen LogP contribution < -0.4 is 0 Å². The lowest BCUT2D eigenvalue weighted by Gasteiger charge is -2.18. The van der Waals surface area contributed by atoms with Crippen molar-refractivity contribution in [3.05, 3.63) is 35.9 Å². The third-order valence-electron chi connectivity index (χ3n) is 2.00. The quantitative estimate of drug-likeness (QED) is 0.768. The van der Waals surface area contributed by atoms with Gasteiger partial charge in [0, 0.05) is 0 Å². The Morgan fingerprint density at radius 3 is 2.77 bits per heavy atom. The number of carbonyl (C=O) groups is 1.